The second-order valence-corrected chi connectivity index (χ2v) is 3.98. The number of rotatable bonds is 5. The number of furan rings is 1. The number of pyridine rings is 1. The Balaban J connectivity index is 1.68. The molecule has 1 N–H and O–H groups in total. The molecule has 0 amide bonds. The van der Waals surface area contributed by atoms with Crippen molar-refractivity contribution in [2.24, 2.45) is 0 Å². The van der Waals surface area contributed by atoms with Gasteiger partial charge in [0.25, 0.3) is 11.8 Å². The normalized spacial score (nSPS) is 10.5. The van der Waals surface area contributed by atoms with E-state index in [9.17, 15) is 4.79 Å². The van der Waals surface area contributed by atoms with Crippen molar-refractivity contribution >= 4 is 5.97 Å². The third-order valence-corrected chi connectivity index (χ3v) is 2.52. The van der Waals surface area contributed by atoms with Crippen LogP contribution in [0.5, 0.6) is 5.75 Å². The molecule has 0 fully saturated rings. The lowest BCUT2D eigenvalue weighted by Gasteiger charge is -2.03. The van der Waals surface area contributed by atoms with Crippen LogP contribution in [0, 0.1) is 0 Å². The van der Waals surface area contributed by atoms with E-state index in [1.54, 1.807) is 12.1 Å². The summed E-state index contributed by atoms with van der Waals surface area (Å²) in [5.74, 6) is 0.167. The van der Waals surface area contributed by atoms with Crippen LogP contribution in [0.1, 0.15) is 16.2 Å². The van der Waals surface area contributed by atoms with Crippen molar-refractivity contribution in [2.75, 3.05) is 0 Å². The molecule has 0 aliphatic rings. The maximum absolute atomic E-state index is 10.8. The van der Waals surface area contributed by atoms with Gasteiger partial charge in [0.15, 0.2) is 12.4 Å². The second-order valence-electron chi connectivity index (χ2n) is 3.98. The van der Waals surface area contributed by atoms with Gasteiger partial charge in [-0.25, -0.2) is 4.79 Å². The third kappa shape index (κ3) is 2.89. The average Bonchev–Trinajstić information content (AvgIpc) is 3.16. The lowest BCUT2D eigenvalue weighted by Crippen LogP contribution is -2.00. The summed E-state index contributed by atoms with van der Waals surface area (Å²) in [5.41, 5.74) is 0.0364. The molecule has 0 radical (unpaired) electrons. The van der Waals surface area contributed by atoms with Crippen LogP contribution in [0.15, 0.2) is 45.7 Å². The monoisotopic (exact) mass is 287 g/mol. The van der Waals surface area contributed by atoms with Crippen LogP contribution in [0.25, 0.3) is 11.7 Å². The van der Waals surface area contributed by atoms with Gasteiger partial charge in [-0.3, -0.25) is 4.98 Å². The first-order valence-corrected chi connectivity index (χ1v) is 5.90. The molecule has 3 rings (SSSR count). The smallest absolute Gasteiger partial charge is 0.337 e. The minimum Gasteiger partial charge on any atom is -0.482 e. The standard InChI is InChI=1S/C13H9N3O5/c17-13(18)8-4-9(6-14-5-8)20-7-11-15-16-12(21-11)10-2-1-3-19-10/h1-6H,7H2,(H,17,18). The van der Waals surface area contributed by atoms with Crippen molar-refractivity contribution in [2.45, 2.75) is 6.61 Å². The molecule has 0 atom stereocenters. The molecule has 21 heavy (non-hydrogen) atoms. The van der Waals surface area contributed by atoms with E-state index >= 15 is 0 Å². The molecular weight excluding hydrogens is 278 g/mol. The summed E-state index contributed by atoms with van der Waals surface area (Å²) in [5, 5.41) is 16.5. The van der Waals surface area contributed by atoms with Crippen molar-refractivity contribution in [3.8, 4) is 17.4 Å². The lowest BCUT2D eigenvalue weighted by molar-refractivity contribution is 0.0696. The largest absolute Gasteiger partial charge is 0.482 e. The molecule has 0 aliphatic carbocycles. The van der Waals surface area contributed by atoms with E-state index in [1.165, 1.54) is 24.7 Å². The molecule has 3 heterocycles. The summed E-state index contributed by atoms with van der Waals surface area (Å²) in [6, 6.07) is 4.76. The quantitative estimate of drug-likeness (QED) is 0.758. The molecule has 0 bridgehead atoms. The molecule has 0 aliphatic heterocycles. The highest BCUT2D eigenvalue weighted by atomic mass is 16.5. The van der Waals surface area contributed by atoms with Crippen molar-refractivity contribution in [3.63, 3.8) is 0 Å². The van der Waals surface area contributed by atoms with Crippen molar-refractivity contribution in [1.29, 1.82) is 0 Å². The minimum absolute atomic E-state index is 0.00153. The summed E-state index contributed by atoms with van der Waals surface area (Å²) in [7, 11) is 0. The molecule has 8 nitrogen and oxygen atoms in total. The van der Waals surface area contributed by atoms with E-state index in [-0.39, 0.29) is 24.0 Å². The lowest BCUT2D eigenvalue weighted by atomic mass is 10.3. The number of aromatic nitrogens is 3. The fraction of sp³-hybridized carbons (Fsp3) is 0.0769. The summed E-state index contributed by atoms with van der Waals surface area (Å²) in [6.07, 6.45) is 4.13. The van der Waals surface area contributed by atoms with E-state index in [1.807, 2.05) is 0 Å². The van der Waals surface area contributed by atoms with Gasteiger partial charge in [0.05, 0.1) is 18.0 Å². The maximum atomic E-state index is 10.8. The Kier molecular flexibility index (Phi) is 3.34. The van der Waals surface area contributed by atoms with Gasteiger partial charge >= 0.3 is 5.97 Å². The average molecular weight is 287 g/mol. The van der Waals surface area contributed by atoms with Gasteiger partial charge in [-0.15, -0.1) is 10.2 Å². The SMILES string of the molecule is O=C(O)c1cncc(OCc2nnc(-c3ccco3)o2)c1. The van der Waals surface area contributed by atoms with E-state index < -0.39 is 5.97 Å². The molecular formula is C13H9N3O5. The van der Waals surface area contributed by atoms with Gasteiger partial charge in [0, 0.05) is 6.20 Å². The topological polar surface area (TPSA) is 111 Å². The van der Waals surface area contributed by atoms with Crippen LogP contribution in [0.2, 0.25) is 0 Å². The Hall–Kier alpha value is -3.16. The molecule has 3 aromatic heterocycles. The van der Waals surface area contributed by atoms with E-state index in [0.717, 1.165) is 0 Å². The summed E-state index contributed by atoms with van der Waals surface area (Å²) < 4.78 is 15.8. The van der Waals surface area contributed by atoms with Gasteiger partial charge < -0.3 is 18.7 Å². The maximum Gasteiger partial charge on any atom is 0.337 e. The Bertz CT molecular complexity index is 751. The van der Waals surface area contributed by atoms with E-state index in [0.29, 0.717) is 11.5 Å². The predicted octanol–water partition coefficient (Wildman–Crippen LogP) is 2.00. The highest BCUT2D eigenvalue weighted by Gasteiger charge is 2.11. The van der Waals surface area contributed by atoms with Crippen LogP contribution in [0.4, 0.5) is 0 Å². The molecule has 0 unspecified atom stereocenters. The fourth-order valence-corrected chi connectivity index (χ4v) is 1.57. The van der Waals surface area contributed by atoms with Crippen molar-refractivity contribution in [3.05, 3.63) is 48.3 Å². The summed E-state index contributed by atoms with van der Waals surface area (Å²) in [4.78, 5) is 14.6. The molecule has 0 saturated heterocycles. The number of carboxylic acids is 1. The highest BCUT2D eigenvalue weighted by Crippen LogP contribution is 2.19. The first-order valence-electron chi connectivity index (χ1n) is 5.90. The molecule has 3 aromatic rings. The number of aromatic carboxylic acids is 1. The zero-order chi connectivity index (χ0) is 14.7. The van der Waals surface area contributed by atoms with Crippen LogP contribution < -0.4 is 4.74 Å². The molecule has 0 saturated carbocycles. The van der Waals surface area contributed by atoms with Gasteiger partial charge in [-0.1, -0.05) is 0 Å². The first-order chi connectivity index (χ1) is 10.2. The number of hydrogen-bond acceptors (Lipinski definition) is 7. The van der Waals surface area contributed by atoms with E-state index in [2.05, 4.69) is 15.2 Å². The Labute approximate surface area is 118 Å². The van der Waals surface area contributed by atoms with Crippen LogP contribution in [-0.2, 0) is 6.61 Å². The zero-order valence-corrected chi connectivity index (χ0v) is 10.6. The van der Waals surface area contributed by atoms with Crippen LogP contribution >= 0.6 is 0 Å². The number of ether oxygens (including phenoxy) is 1. The van der Waals surface area contributed by atoms with Crippen molar-refractivity contribution in [1.82, 2.24) is 15.2 Å². The van der Waals surface area contributed by atoms with Gasteiger partial charge in [0.2, 0.25) is 0 Å². The van der Waals surface area contributed by atoms with Gasteiger partial charge in [-0.2, -0.15) is 0 Å². The van der Waals surface area contributed by atoms with Crippen molar-refractivity contribution < 1.29 is 23.5 Å². The second kappa shape index (κ2) is 5.45. The Morgan fingerprint density at radius 2 is 2.24 bits per heavy atom. The predicted molar refractivity (Wildman–Crippen MR) is 67.5 cm³/mol. The molecule has 0 spiro atoms. The first kappa shape index (κ1) is 12.9. The highest BCUT2D eigenvalue weighted by molar-refractivity contribution is 5.87. The molecule has 106 valence electrons. The number of carbonyl (C=O) groups is 1. The zero-order valence-electron chi connectivity index (χ0n) is 10.6. The number of hydrogen-bond donors (Lipinski definition) is 1. The molecule has 8 heteroatoms. The molecule has 0 aromatic carbocycles. The van der Waals surface area contributed by atoms with Crippen LogP contribution in [-0.4, -0.2) is 26.3 Å². The number of carboxylic acid groups (broad SMARTS) is 1. The van der Waals surface area contributed by atoms with Gasteiger partial charge in [-0.05, 0) is 18.2 Å². The third-order valence-electron chi connectivity index (χ3n) is 2.52. The number of nitrogens with zero attached hydrogens (tertiary/aromatic N) is 3. The Morgan fingerprint density at radius 3 is 3.00 bits per heavy atom. The van der Waals surface area contributed by atoms with Crippen LogP contribution in [0.3, 0.4) is 0 Å². The Morgan fingerprint density at radius 1 is 1.33 bits per heavy atom. The minimum atomic E-state index is -1.08. The summed E-state index contributed by atoms with van der Waals surface area (Å²) in [6.45, 7) is -0.00153. The van der Waals surface area contributed by atoms with E-state index in [4.69, 9.17) is 18.7 Å². The summed E-state index contributed by atoms with van der Waals surface area (Å²) >= 11 is 0. The fourth-order valence-electron chi connectivity index (χ4n) is 1.57. The van der Waals surface area contributed by atoms with Gasteiger partial charge in [0.1, 0.15) is 5.75 Å².